The molecule has 0 saturated carbocycles. The highest BCUT2D eigenvalue weighted by molar-refractivity contribution is 5.32. The molecule has 0 bridgehead atoms. The molecule has 2 heteroatoms. The van der Waals surface area contributed by atoms with Crippen molar-refractivity contribution in [3.63, 3.8) is 0 Å². The predicted molar refractivity (Wildman–Crippen MR) is 87.6 cm³/mol. The molecule has 0 aromatic heterocycles. The monoisotopic (exact) mass is 277 g/mol. The quantitative estimate of drug-likeness (QED) is 0.739. The van der Waals surface area contributed by atoms with Gasteiger partial charge in [-0.15, -0.1) is 0 Å². The molecule has 0 fully saturated rings. The van der Waals surface area contributed by atoms with E-state index in [1.807, 2.05) is 0 Å². The molecule has 0 aliphatic heterocycles. The van der Waals surface area contributed by atoms with E-state index in [2.05, 4.69) is 71.1 Å². The molecule has 1 rings (SSSR count). The summed E-state index contributed by atoms with van der Waals surface area (Å²) in [6.07, 6.45) is 2.50. The molecule has 0 radical (unpaired) electrons. The van der Waals surface area contributed by atoms with Crippen molar-refractivity contribution in [2.75, 3.05) is 6.54 Å². The number of hydrogen-bond donors (Lipinski definition) is 1. The predicted octanol–water partition coefficient (Wildman–Crippen LogP) is 4.53. The van der Waals surface area contributed by atoms with Gasteiger partial charge in [0, 0.05) is 6.04 Å². The number of hydrogen-bond acceptors (Lipinski definition) is 2. The molecule has 0 spiro atoms. The highest BCUT2D eigenvalue weighted by Crippen LogP contribution is 2.26. The fourth-order valence-corrected chi connectivity index (χ4v) is 2.11. The minimum atomic E-state index is 0.170. The summed E-state index contributed by atoms with van der Waals surface area (Å²) < 4.78 is 6.03. The van der Waals surface area contributed by atoms with Crippen LogP contribution in [-0.2, 0) is 5.41 Å². The van der Waals surface area contributed by atoms with Crippen molar-refractivity contribution in [2.24, 2.45) is 0 Å². The maximum atomic E-state index is 6.03. The average molecular weight is 277 g/mol. The van der Waals surface area contributed by atoms with E-state index < -0.39 is 0 Å². The molecule has 0 aliphatic rings. The summed E-state index contributed by atoms with van der Waals surface area (Å²) in [6, 6.07) is 9.04. The van der Waals surface area contributed by atoms with E-state index in [0.717, 1.165) is 25.1 Å². The van der Waals surface area contributed by atoms with Crippen LogP contribution in [0.3, 0.4) is 0 Å². The van der Waals surface area contributed by atoms with Gasteiger partial charge in [0.2, 0.25) is 0 Å². The maximum absolute atomic E-state index is 6.03. The van der Waals surface area contributed by atoms with Crippen molar-refractivity contribution in [2.45, 2.75) is 71.9 Å². The van der Waals surface area contributed by atoms with Crippen LogP contribution < -0.4 is 10.1 Å². The zero-order chi connectivity index (χ0) is 15.2. The Kier molecular flexibility index (Phi) is 6.54. The van der Waals surface area contributed by atoms with Gasteiger partial charge >= 0.3 is 0 Å². The molecule has 114 valence electrons. The van der Waals surface area contributed by atoms with Crippen molar-refractivity contribution >= 4 is 0 Å². The van der Waals surface area contributed by atoms with Crippen LogP contribution in [0.5, 0.6) is 5.75 Å². The minimum absolute atomic E-state index is 0.170. The third-order valence-electron chi connectivity index (χ3n) is 3.38. The summed E-state index contributed by atoms with van der Waals surface area (Å²) in [5.74, 6) is 0.988. The molecule has 20 heavy (non-hydrogen) atoms. The highest BCUT2D eigenvalue weighted by Gasteiger charge is 2.14. The molecule has 1 aromatic carbocycles. The van der Waals surface area contributed by atoms with Gasteiger partial charge < -0.3 is 10.1 Å². The molecular formula is C18H31NO. The molecule has 0 saturated heterocycles. The van der Waals surface area contributed by atoms with E-state index in [1.165, 1.54) is 5.56 Å². The van der Waals surface area contributed by atoms with Gasteiger partial charge in [-0.2, -0.15) is 0 Å². The molecule has 2 nitrogen and oxygen atoms in total. The number of ether oxygens (including phenoxy) is 1. The zero-order valence-corrected chi connectivity index (χ0v) is 14.0. The van der Waals surface area contributed by atoms with Gasteiger partial charge in [-0.3, -0.25) is 0 Å². The summed E-state index contributed by atoms with van der Waals surface area (Å²) in [7, 11) is 0. The molecule has 1 unspecified atom stereocenters. The van der Waals surface area contributed by atoms with Crippen LogP contribution in [0.25, 0.3) is 0 Å². The molecule has 0 aliphatic carbocycles. The smallest absolute Gasteiger partial charge is 0.119 e. The van der Waals surface area contributed by atoms with Crippen molar-refractivity contribution in [1.82, 2.24) is 5.32 Å². The Hall–Kier alpha value is -1.02. The second kappa shape index (κ2) is 7.68. The molecule has 1 N–H and O–H groups in total. The second-order valence-corrected chi connectivity index (χ2v) is 6.96. The van der Waals surface area contributed by atoms with Crippen LogP contribution in [0.2, 0.25) is 0 Å². The van der Waals surface area contributed by atoms with Crippen molar-refractivity contribution in [1.29, 1.82) is 0 Å². The van der Waals surface area contributed by atoms with Crippen LogP contribution in [0.15, 0.2) is 24.3 Å². The Labute approximate surface area is 124 Å². The SMILES string of the molecule is CC(C)NCCCC(C)Oc1cccc(C(C)(C)C)c1. The van der Waals surface area contributed by atoms with Crippen molar-refractivity contribution < 1.29 is 4.74 Å². The maximum Gasteiger partial charge on any atom is 0.119 e. The highest BCUT2D eigenvalue weighted by atomic mass is 16.5. The van der Waals surface area contributed by atoms with E-state index in [9.17, 15) is 0 Å². The lowest BCUT2D eigenvalue weighted by Gasteiger charge is -2.21. The molecule has 1 aromatic rings. The Bertz CT molecular complexity index is 393. The Balaban J connectivity index is 2.44. The number of rotatable bonds is 7. The lowest BCUT2D eigenvalue weighted by molar-refractivity contribution is 0.206. The topological polar surface area (TPSA) is 21.3 Å². The minimum Gasteiger partial charge on any atom is -0.491 e. The molecule has 0 amide bonds. The third-order valence-corrected chi connectivity index (χ3v) is 3.38. The van der Waals surface area contributed by atoms with Crippen LogP contribution in [-0.4, -0.2) is 18.7 Å². The van der Waals surface area contributed by atoms with E-state index in [0.29, 0.717) is 6.04 Å². The first-order valence-corrected chi connectivity index (χ1v) is 7.79. The fraction of sp³-hybridized carbons (Fsp3) is 0.667. The van der Waals surface area contributed by atoms with Gasteiger partial charge in [0.1, 0.15) is 5.75 Å². The van der Waals surface area contributed by atoms with E-state index in [4.69, 9.17) is 4.74 Å². The van der Waals surface area contributed by atoms with Gasteiger partial charge in [0.25, 0.3) is 0 Å². The van der Waals surface area contributed by atoms with Crippen molar-refractivity contribution in [3.05, 3.63) is 29.8 Å². The van der Waals surface area contributed by atoms with Crippen LogP contribution in [0.4, 0.5) is 0 Å². The van der Waals surface area contributed by atoms with Gasteiger partial charge in [-0.1, -0.05) is 46.8 Å². The van der Waals surface area contributed by atoms with E-state index >= 15 is 0 Å². The van der Waals surface area contributed by atoms with E-state index in [1.54, 1.807) is 0 Å². The lowest BCUT2D eigenvalue weighted by Crippen LogP contribution is -2.25. The van der Waals surface area contributed by atoms with Crippen molar-refractivity contribution in [3.8, 4) is 5.75 Å². The Morgan fingerprint density at radius 2 is 1.85 bits per heavy atom. The first kappa shape index (κ1) is 17.0. The van der Waals surface area contributed by atoms with Gasteiger partial charge in [0.15, 0.2) is 0 Å². The van der Waals surface area contributed by atoms with Crippen LogP contribution >= 0.6 is 0 Å². The first-order chi connectivity index (χ1) is 9.29. The summed E-state index contributed by atoms with van der Waals surface area (Å²) in [5, 5.41) is 3.44. The van der Waals surface area contributed by atoms with Crippen LogP contribution in [0, 0.1) is 0 Å². The summed E-state index contributed by atoms with van der Waals surface area (Å²) >= 11 is 0. The fourth-order valence-electron chi connectivity index (χ4n) is 2.11. The third kappa shape index (κ3) is 6.42. The zero-order valence-electron chi connectivity index (χ0n) is 14.0. The molecule has 0 heterocycles. The first-order valence-electron chi connectivity index (χ1n) is 7.79. The summed E-state index contributed by atoms with van der Waals surface area (Å²) in [4.78, 5) is 0. The van der Waals surface area contributed by atoms with E-state index in [-0.39, 0.29) is 11.5 Å². The summed E-state index contributed by atoms with van der Waals surface area (Å²) in [6.45, 7) is 14.3. The average Bonchev–Trinajstić information content (AvgIpc) is 2.34. The number of nitrogens with one attached hydrogen (secondary N) is 1. The van der Waals surface area contributed by atoms with Crippen LogP contribution in [0.1, 0.15) is 59.9 Å². The standard InChI is InChI=1S/C18H31NO/c1-14(2)19-12-8-9-15(3)20-17-11-7-10-16(13-17)18(4,5)6/h7,10-11,13-15,19H,8-9,12H2,1-6H3. The van der Waals surface area contributed by atoms with Gasteiger partial charge in [0.05, 0.1) is 6.10 Å². The Morgan fingerprint density at radius 3 is 2.45 bits per heavy atom. The van der Waals surface area contributed by atoms with Gasteiger partial charge in [-0.25, -0.2) is 0 Å². The molecule has 1 atom stereocenters. The summed E-state index contributed by atoms with van der Waals surface area (Å²) in [5.41, 5.74) is 1.49. The molecular weight excluding hydrogens is 246 g/mol. The largest absolute Gasteiger partial charge is 0.491 e. The number of benzene rings is 1. The normalized spacial score (nSPS) is 13.6. The lowest BCUT2D eigenvalue weighted by atomic mass is 9.87. The van der Waals surface area contributed by atoms with Gasteiger partial charge in [-0.05, 0) is 49.4 Å². The Morgan fingerprint density at radius 1 is 1.15 bits per heavy atom. The second-order valence-electron chi connectivity index (χ2n) is 6.96.